The maximum atomic E-state index is 13.4. The summed E-state index contributed by atoms with van der Waals surface area (Å²) in [5.41, 5.74) is 2.00. The normalized spacial score (nSPS) is 17.2. The van der Waals surface area contributed by atoms with Crippen LogP contribution in [-0.2, 0) is 15.0 Å². The van der Waals surface area contributed by atoms with Gasteiger partial charge >= 0.3 is 0 Å². The van der Waals surface area contributed by atoms with E-state index < -0.39 is 28.4 Å². The molecule has 3 aromatic rings. The molecule has 0 bridgehead atoms. The van der Waals surface area contributed by atoms with Gasteiger partial charge in [0.1, 0.15) is 11.5 Å². The van der Waals surface area contributed by atoms with Crippen molar-refractivity contribution >= 4 is 28.8 Å². The first-order valence-electron chi connectivity index (χ1n) is 11.9. The Bertz CT molecular complexity index is 1390. The summed E-state index contributed by atoms with van der Waals surface area (Å²) in [6.45, 7) is 8.53. The smallest absolute Gasteiger partial charge is 0.300 e. The lowest BCUT2D eigenvalue weighted by Gasteiger charge is -2.27. The number of nitrogens with zero attached hydrogens (tertiary/aromatic N) is 2. The fraction of sp³-hybridized carbons (Fsp3) is 0.241. The van der Waals surface area contributed by atoms with Crippen LogP contribution in [0, 0.1) is 10.1 Å². The number of Topliss-reactive ketones (excluding diaryl/α,β-unsaturated/α-hetero) is 1. The van der Waals surface area contributed by atoms with E-state index in [1.807, 2.05) is 31.2 Å². The number of anilines is 1. The summed E-state index contributed by atoms with van der Waals surface area (Å²) in [6, 6.07) is 18.7. The van der Waals surface area contributed by atoms with Gasteiger partial charge in [-0.25, -0.2) is 0 Å². The van der Waals surface area contributed by atoms with Crippen molar-refractivity contribution < 1.29 is 24.4 Å². The van der Waals surface area contributed by atoms with Crippen LogP contribution in [-0.4, -0.2) is 28.3 Å². The second-order valence-corrected chi connectivity index (χ2v) is 9.78. The van der Waals surface area contributed by atoms with Gasteiger partial charge in [0.2, 0.25) is 0 Å². The van der Waals surface area contributed by atoms with E-state index >= 15 is 0 Å². The van der Waals surface area contributed by atoms with Gasteiger partial charge in [-0.15, -0.1) is 0 Å². The first kappa shape index (κ1) is 25.6. The zero-order valence-electron chi connectivity index (χ0n) is 21.1. The molecule has 1 unspecified atom stereocenters. The maximum absolute atomic E-state index is 13.4. The van der Waals surface area contributed by atoms with E-state index in [0.717, 1.165) is 5.56 Å². The molecular weight excluding hydrogens is 472 g/mol. The molecule has 190 valence electrons. The van der Waals surface area contributed by atoms with Crippen molar-refractivity contribution in [1.82, 2.24) is 0 Å². The van der Waals surface area contributed by atoms with E-state index in [1.165, 1.54) is 29.2 Å². The molecule has 1 atom stereocenters. The van der Waals surface area contributed by atoms with Crippen molar-refractivity contribution in [2.24, 2.45) is 0 Å². The molecule has 1 N–H and O–H groups in total. The highest BCUT2D eigenvalue weighted by atomic mass is 16.6. The number of aliphatic hydroxyl groups is 1. The van der Waals surface area contributed by atoms with Crippen LogP contribution in [0.2, 0.25) is 0 Å². The number of hydrogen-bond acceptors (Lipinski definition) is 6. The second-order valence-electron chi connectivity index (χ2n) is 9.78. The number of amides is 1. The van der Waals surface area contributed by atoms with Gasteiger partial charge in [0.25, 0.3) is 17.4 Å². The van der Waals surface area contributed by atoms with E-state index in [9.17, 15) is 24.8 Å². The second kappa shape index (κ2) is 9.89. The predicted molar refractivity (Wildman–Crippen MR) is 141 cm³/mol. The molecule has 1 saturated heterocycles. The number of aliphatic hydroxyl groups excluding tert-OH is 1. The van der Waals surface area contributed by atoms with Crippen LogP contribution in [0.5, 0.6) is 5.75 Å². The Kier molecular flexibility index (Phi) is 6.85. The molecule has 8 heteroatoms. The largest absolute Gasteiger partial charge is 0.507 e. The number of ketones is 1. The highest BCUT2D eigenvalue weighted by Gasteiger charge is 2.47. The van der Waals surface area contributed by atoms with Crippen LogP contribution in [0.1, 0.15) is 50.4 Å². The van der Waals surface area contributed by atoms with Crippen molar-refractivity contribution in [2.45, 2.75) is 39.2 Å². The Labute approximate surface area is 215 Å². The molecule has 0 saturated carbocycles. The number of ether oxygens (including phenoxy) is 1. The van der Waals surface area contributed by atoms with E-state index in [1.54, 1.807) is 24.3 Å². The number of hydrogen-bond donors (Lipinski definition) is 1. The molecule has 0 aliphatic carbocycles. The minimum Gasteiger partial charge on any atom is -0.507 e. The molecule has 0 aromatic heterocycles. The number of nitro benzene ring substituents is 1. The van der Waals surface area contributed by atoms with Crippen LogP contribution in [0.25, 0.3) is 5.76 Å². The average molecular weight is 501 g/mol. The van der Waals surface area contributed by atoms with Crippen LogP contribution in [0.4, 0.5) is 11.4 Å². The highest BCUT2D eigenvalue weighted by Crippen LogP contribution is 2.43. The zero-order chi connectivity index (χ0) is 26.9. The van der Waals surface area contributed by atoms with Crippen molar-refractivity contribution in [3.8, 4) is 5.75 Å². The first-order valence-corrected chi connectivity index (χ1v) is 11.9. The Morgan fingerprint density at radius 3 is 2.24 bits per heavy atom. The predicted octanol–water partition coefficient (Wildman–Crippen LogP) is 5.92. The van der Waals surface area contributed by atoms with Crippen LogP contribution >= 0.6 is 0 Å². The summed E-state index contributed by atoms with van der Waals surface area (Å²) >= 11 is 0. The Morgan fingerprint density at radius 2 is 1.68 bits per heavy atom. The third kappa shape index (κ3) is 4.95. The minimum atomic E-state index is -0.916. The molecular formula is C29H28N2O6. The molecule has 37 heavy (non-hydrogen) atoms. The Hall–Kier alpha value is -4.46. The summed E-state index contributed by atoms with van der Waals surface area (Å²) in [5, 5.41) is 22.3. The number of benzene rings is 3. The maximum Gasteiger partial charge on any atom is 0.300 e. The van der Waals surface area contributed by atoms with E-state index in [-0.39, 0.29) is 22.2 Å². The Morgan fingerprint density at radius 1 is 1.03 bits per heavy atom. The molecule has 1 aliphatic heterocycles. The first-order chi connectivity index (χ1) is 17.5. The Balaban J connectivity index is 1.90. The van der Waals surface area contributed by atoms with Crippen LogP contribution < -0.4 is 9.64 Å². The quantitative estimate of drug-likeness (QED) is 0.148. The van der Waals surface area contributed by atoms with Gasteiger partial charge in [-0.05, 0) is 47.7 Å². The molecule has 1 aliphatic rings. The summed E-state index contributed by atoms with van der Waals surface area (Å²) < 4.78 is 5.60. The highest BCUT2D eigenvalue weighted by molar-refractivity contribution is 6.51. The van der Waals surface area contributed by atoms with Crippen LogP contribution in [0.3, 0.4) is 0 Å². The van der Waals surface area contributed by atoms with Gasteiger partial charge in [-0.1, -0.05) is 51.1 Å². The fourth-order valence-corrected chi connectivity index (χ4v) is 4.37. The van der Waals surface area contributed by atoms with Gasteiger partial charge in [-0.3, -0.25) is 24.6 Å². The monoisotopic (exact) mass is 500 g/mol. The van der Waals surface area contributed by atoms with Crippen molar-refractivity contribution in [3.63, 3.8) is 0 Å². The summed E-state index contributed by atoms with van der Waals surface area (Å²) in [6.07, 6.45) is 0. The number of carbonyl (C=O) groups is 2. The molecule has 0 radical (unpaired) electrons. The SMILES string of the molecule is CCOc1cccc(N2C(=O)C(=O)/C(=C(/O)c3ccc([N+](=O)[O-])cc3)C2c2ccc(C(C)(C)C)cc2)c1. The fourth-order valence-electron chi connectivity index (χ4n) is 4.37. The van der Waals surface area contributed by atoms with Crippen molar-refractivity contribution in [2.75, 3.05) is 11.5 Å². The molecule has 1 heterocycles. The van der Waals surface area contributed by atoms with Crippen LogP contribution in [0.15, 0.2) is 78.4 Å². The molecule has 4 rings (SSSR count). The number of carbonyl (C=O) groups excluding carboxylic acids is 2. The lowest BCUT2D eigenvalue weighted by atomic mass is 9.85. The number of rotatable bonds is 6. The van der Waals surface area contributed by atoms with Crippen molar-refractivity contribution in [3.05, 3.63) is 105 Å². The zero-order valence-corrected chi connectivity index (χ0v) is 21.1. The summed E-state index contributed by atoms with van der Waals surface area (Å²) in [7, 11) is 0. The standard InChI is InChI=1S/C29H28N2O6/c1-5-37-23-8-6-7-22(17-23)30-25(18-9-13-20(14-10-18)29(2,3)4)24(27(33)28(30)34)26(32)19-11-15-21(16-12-19)31(35)36/h6-17,25,32H,5H2,1-4H3/b26-24+. The lowest BCUT2D eigenvalue weighted by Crippen LogP contribution is -2.29. The van der Waals surface area contributed by atoms with Gasteiger partial charge in [0.05, 0.1) is 23.1 Å². The van der Waals surface area contributed by atoms with Gasteiger partial charge in [-0.2, -0.15) is 0 Å². The van der Waals surface area contributed by atoms with Crippen molar-refractivity contribution in [1.29, 1.82) is 0 Å². The average Bonchev–Trinajstić information content (AvgIpc) is 3.14. The third-order valence-corrected chi connectivity index (χ3v) is 6.30. The molecule has 1 fully saturated rings. The molecule has 8 nitrogen and oxygen atoms in total. The molecule has 1 amide bonds. The molecule has 3 aromatic carbocycles. The third-order valence-electron chi connectivity index (χ3n) is 6.30. The van der Waals surface area contributed by atoms with Gasteiger partial charge in [0, 0.05) is 29.4 Å². The summed E-state index contributed by atoms with van der Waals surface area (Å²) in [5.74, 6) is -1.50. The van der Waals surface area contributed by atoms with E-state index in [0.29, 0.717) is 23.6 Å². The topological polar surface area (TPSA) is 110 Å². The van der Waals surface area contributed by atoms with Gasteiger partial charge in [0.15, 0.2) is 0 Å². The van der Waals surface area contributed by atoms with Gasteiger partial charge < -0.3 is 9.84 Å². The van der Waals surface area contributed by atoms with E-state index in [2.05, 4.69) is 20.8 Å². The summed E-state index contributed by atoms with van der Waals surface area (Å²) in [4.78, 5) is 38.6. The lowest BCUT2D eigenvalue weighted by molar-refractivity contribution is -0.384. The van der Waals surface area contributed by atoms with E-state index in [4.69, 9.17) is 4.74 Å². The minimum absolute atomic E-state index is 0.0934. The molecule has 0 spiro atoms. The number of nitro groups is 1. The number of non-ortho nitro benzene ring substituents is 1.